The molecule has 1 N–H and O–H groups in total. The Morgan fingerprint density at radius 1 is 1.22 bits per heavy atom. The minimum Gasteiger partial charge on any atom is -0.492 e. The van der Waals surface area contributed by atoms with Crippen LogP contribution in [0.2, 0.25) is 0 Å². The number of aromatic hydroxyl groups is 1. The molecule has 4 rings (SSSR count). The Bertz CT molecular complexity index is 815. The Balaban J connectivity index is 1.80. The van der Waals surface area contributed by atoms with Crippen LogP contribution in [-0.4, -0.2) is 62.7 Å². The highest BCUT2D eigenvalue weighted by Gasteiger charge is 2.32. The zero-order chi connectivity index (χ0) is 16.0. The van der Waals surface area contributed by atoms with Gasteiger partial charge in [-0.1, -0.05) is 11.3 Å². The largest absolute Gasteiger partial charge is 0.492 e. The van der Waals surface area contributed by atoms with E-state index >= 15 is 0 Å². The first-order chi connectivity index (χ1) is 11.1. The van der Waals surface area contributed by atoms with E-state index < -0.39 is 0 Å². The van der Waals surface area contributed by atoms with E-state index in [2.05, 4.69) is 45.3 Å². The van der Waals surface area contributed by atoms with E-state index in [1.165, 1.54) is 32.6 Å². The number of fused-ring (bicyclic) bond motifs is 1. The summed E-state index contributed by atoms with van der Waals surface area (Å²) < 4.78 is 1.53. The standard InChI is InChI=1S/C15H19N5OS2/c1-10-3-8-22-12(10)11(19-6-4-18(2)5-7-19)13-14(21)20-15(23-13)16-9-17-20/h3,8-9,11,21H,4-7H2,1-2H3. The summed E-state index contributed by atoms with van der Waals surface area (Å²) in [5.74, 6) is 0.222. The Morgan fingerprint density at radius 3 is 2.65 bits per heavy atom. The maximum Gasteiger partial charge on any atom is 0.230 e. The monoisotopic (exact) mass is 349 g/mol. The molecule has 0 bridgehead atoms. The number of thiazole rings is 1. The molecule has 122 valence electrons. The summed E-state index contributed by atoms with van der Waals surface area (Å²) in [5, 5.41) is 16.9. The van der Waals surface area contributed by atoms with Gasteiger partial charge in [0.15, 0.2) is 0 Å². The van der Waals surface area contributed by atoms with Gasteiger partial charge in [0.2, 0.25) is 10.8 Å². The van der Waals surface area contributed by atoms with E-state index in [1.807, 2.05) is 0 Å². The molecule has 1 atom stereocenters. The summed E-state index contributed by atoms with van der Waals surface area (Å²) in [6.45, 7) is 6.21. The molecule has 3 aromatic rings. The molecule has 1 aliphatic heterocycles. The van der Waals surface area contributed by atoms with Gasteiger partial charge in [0, 0.05) is 31.1 Å². The predicted octanol–water partition coefficient (Wildman–Crippen LogP) is 2.20. The van der Waals surface area contributed by atoms with Crippen molar-refractivity contribution in [1.82, 2.24) is 24.4 Å². The summed E-state index contributed by atoms with van der Waals surface area (Å²) in [6, 6.07) is 2.23. The van der Waals surface area contributed by atoms with Crippen molar-refractivity contribution in [3.8, 4) is 5.88 Å². The number of nitrogens with zero attached hydrogens (tertiary/aromatic N) is 5. The zero-order valence-corrected chi connectivity index (χ0v) is 14.8. The van der Waals surface area contributed by atoms with Crippen LogP contribution in [0, 0.1) is 6.92 Å². The molecule has 1 saturated heterocycles. The van der Waals surface area contributed by atoms with Crippen molar-refractivity contribution in [2.45, 2.75) is 13.0 Å². The molecule has 0 aliphatic carbocycles. The highest BCUT2D eigenvalue weighted by molar-refractivity contribution is 7.17. The maximum absolute atomic E-state index is 10.7. The number of aromatic nitrogens is 3. The third-order valence-electron chi connectivity index (χ3n) is 4.44. The Hall–Kier alpha value is -1.48. The van der Waals surface area contributed by atoms with Crippen LogP contribution in [0.4, 0.5) is 0 Å². The number of piperazine rings is 1. The third-order valence-corrected chi connectivity index (χ3v) is 6.60. The average Bonchev–Trinajstić information content (AvgIpc) is 3.23. The normalized spacial score (nSPS) is 18.7. The number of rotatable bonds is 3. The summed E-state index contributed by atoms with van der Waals surface area (Å²) >= 11 is 3.29. The second-order valence-corrected chi connectivity index (χ2v) is 7.91. The molecule has 3 aromatic heterocycles. The van der Waals surface area contributed by atoms with Crippen molar-refractivity contribution in [2.24, 2.45) is 0 Å². The summed E-state index contributed by atoms with van der Waals surface area (Å²) in [7, 11) is 2.16. The van der Waals surface area contributed by atoms with E-state index in [-0.39, 0.29) is 11.9 Å². The van der Waals surface area contributed by atoms with Gasteiger partial charge in [-0.15, -0.1) is 11.3 Å². The lowest BCUT2D eigenvalue weighted by molar-refractivity contribution is 0.128. The molecule has 1 unspecified atom stereocenters. The van der Waals surface area contributed by atoms with Crippen molar-refractivity contribution >= 4 is 27.6 Å². The molecule has 4 heterocycles. The van der Waals surface area contributed by atoms with Crippen LogP contribution in [0.25, 0.3) is 4.96 Å². The Morgan fingerprint density at radius 2 is 2.00 bits per heavy atom. The minimum absolute atomic E-state index is 0.0807. The molecule has 1 aliphatic rings. The van der Waals surface area contributed by atoms with Crippen molar-refractivity contribution in [3.05, 3.63) is 33.1 Å². The number of likely N-dealkylation sites (N-methyl/N-ethyl adjacent to an activating group) is 1. The van der Waals surface area contributed by atoms with Gasteiger partial charge in [0.1, 0.15) is 6.33 Å². The van der Waals surface area contributed by atoms with E-state index in [0.29, 0.717) is 0 Å². The summed E-state index contributed by atoms with van der Waals surface area (Å²) in [5.41, 5.74) is 1.28. The van der Waals surface area contributed by atoms with E-state index in [9.17, 15) is 5.11 Å². The van der Waals surface area contributed by atoms with Gasteiger partial charge < -0.3 is 10.0 Å². The van der Waals surface area contributed by atoms with Gasteiger partial charge in [-0.3, -0.25) is 4.90 Å². The van der Waals surface area contributed by atoms with E-state index in [4.69, 9.17) is 0 Å². The lowest BCUT2D eigenvalue weighted by atomic mass is 10.1. The van der Waals surface area contributed by atoms with Crippen LogP contribution in [0.3, 0.4) is 0 Å². The summed E-state index contributed by atoms with van der Waals surface area (Å²) in [6.07, 6.45) is 1.48. The van der Waals surface area contributed by atoms with E-state index in [0.717, 1.165) is 36.0 Å². The molecular formula is C15H19N5OS2. The Kier molecular flexibility index (Phi) is 3.84. The average molecular weight is 349 g/mol. The number of thiophene rings is 1. The fourth-order valence-electron chi connectivity index (χ4n) is 3.07. The lowest BCUT2D eigenvalue weighted by Crippen LogP contribution is -2.46. The van der Waals surface area contributed by atoms with Gasteiger partial charge >= 0.3 is 0 Å². The van der Waals surface area contributed by atoms with Crippen LogP contribution >= 0.6 is 22.7 Å². The van der Waals surface area contributed by atoms with Gasteiger partial charge in [-0.05, 0) is 31.0 Å². The first kappa shape index (κ1) is 15.1. The highest BCUT2D eigenvalue weighted by Crippen LogP contribution is 2.42. The fourth-order valence-corrected chi connectivity index (χ4v) is 5.28. The van der Waals surface area contributed by atoms with Gasteiger partial charge in [0.05, 0.1) is 10.9 Å². The molecule has 1 fully saturated rings. The molecule has 0 radical (unpaired) electrons. The quantitative estimate of drug-likeness (QED) is 0.786. The second kappa shape index (κ2) is 5.86. The van der Waals surface area contributed by atoms with Gasteiger partial charge in [0.25, 0.3) is 0 Å². The summed E-state index contributed by atoms with van der Waals surface area (Å²) in [4.78, 5) is 12.0. The number of hydrogen-bond acceptors (Lipinski definition) is 7. The number of aryl methyl sites for hydroxylation is 1. The SMILES string of the molecule is Cc1ccsc1C(c1sc2ncnn2c1O)N1CCN(C)CC1. The molecule has 0 aromatic carbocycles. The predicted molar refractivity (Wildman–Crippen MR) is 92.5 cm³/mol. The highest BCUT2D eigenvalue weighted by atomic mass is 32.1. The van der Waals surface area contributed by atoms with Crippen molar-refractivity contribution in [3.63, 3.8) is 0 Å². The molecule has 23 heavy (non-hydrogen) atoms. The van der Waals surface area contributed by atoms with Crippen molar-refractivity contribution in [1.29, 1.82) is 0 Å². The first-order valence-electron chi connectivity index (χ1n) is 7.63. The molecule has 6 nitrogen and oxygen atoms in total. The van der Waals surface area contributed by atoms with Crippen LogP contribution in [0.5, 0.6) is 5.88 Å². The van der Waals surface area contributed by atoms with Crippen LogP contribution < -0.4 is 0 Å². The van der Waals surface area contributed by atoms with Crippen LogP contribution in [0.15, 0.2) is 17.8 Å². The molecule has 0 saturated carbocycles. The van der Waals surface area contributed by atoms with Crippen molar-refractivity contribution in [2.75, 3.05) is 33.2 Å². The van der Waals surface area contributed by atoms with E-state index in [1.54, 1.807) is 11.3 Å². The van der Waals surface area contributed by atoms with Crippen LogP contribution in [0.1, 0.15) is 21.4 Å². The molecule has 0 amide bonds. The topological polar surface area (TPSA) is 56.9 Å². The first-order valence-corrected chi connectivity index (χ1v) is 9.32. The maximum atomic E-state index is 10.7. The van der Waals surface area contributed by atoms with Crippen molar-refractivity contribution < 1.29 is 5.11 Å². The second-order valence-electron chi connectivity index (χ2n) is 5.95. The Labute approximate surface area is 142 Å². The number of hydrogen-bond donors (Lipinski definition) is 1. The molecule has 0 spiro atoms. The smallest absolute Gasteiger partial charge is 0.230 e. The molecule has 8 heteroatoms. The lowest BCUT2D eigenvalue weighted by Gasteiger charge is -2.37. The molecular weight excluding hydrogens is 330 g/mol. The third kappa shape index (κ3) is 2.55. The minimum atomic E-state index is 0.0807. The van der Waals surface area contributed by atoms with Crippen LogP contribution in [-0.2, 0) is 0 Å². The van der Waals surface area contributed by atoms with Gasteiger partial charge in [-0.25, -0.2) is 4.98 Å². The van der Waals surface area contributed by atoms with Gasteiger partial charge in [-0.2, -0.15) is 9.61 Å². The fraction of sp³-hybridized carbons (Fsp3) is 0.467. The zero-order valence-electron chi connectivity index (χ0n) is 13.1.